The molecule has 0 aromatic heterocycles. The molecule has 5 heteroatoms. The van der Waals surface area contributed by atoms with E-state index in [0.29, 0.717) is 29.9 Å². The van der Waals surface area contributed by atoms with Gasteiger partial charge in [-0.1, -0.05) is 6.07 Å². The number of hydrogen-bond acceptors (Lipinski definition) is 3. The summed E-state index contributed by atoms with van der Waals surface area (Å²) in [6.07, 6.45) is 1.50. The maximum Gasteiger partial charge on any atom is 0.253 e. The SMILES string of the molecule is Nc1cccc(C(=O)N2CCCC(C(=O)c3ccc(F)cc3)C2)c1. The van der Waals surface area contributed by atoms with E-state index < -0.39 is 0 Å². The Balaban J connectivity index is 1.73. The lowest BCUT2D eigenvalue weighted by atomic mass is 9.89. The fourth-order valence-electron chi connectivity index (χ4n) is 3.08. The van der Waals surface area contributed by atoms with Crippen LogP contribution in [0.5, 0.6) is 0 Å². The van der Waals surface area contributed by atoms with Crippen molar-refractivity contribution < 1.29 is 14.0 Å². The highest BCUT2D eigenvalue weighted by Crippen LogP contribution is 2.23. The summed E-state index contributed by atoms with van der Waals surface area (Å²) < 4.78 is 13.0. The molecule has 1 amide bonds. The summed E-state index contributed by atoms with van der Waals surface area (Å²) in [6.45, 7) is 1.00. The number of likely N-dealkylation sites (tertiary alicyclic amines) is 1. The Kier molecular flexibility index (Phi) is 4.60. The first-order valence-corrected chi connectivity index (χ1v) is 7.99. The number of carbonyl (C=O) groups excluding carboxylic acids is 2. The van der Waals surface area contributed by atoms with Crippen LogP contribution in [0.2, 0.25) is 0 Å². The number of halogens is 1. The minimum Gasteiger partial charge on any atom is -0.399 e. The molecule has 2 aromatic carbocycles. The lowest BCUT2D eigenvalue weighted by Gasteiger charge is -2.32. The molecule has 1 unspecified atom stereocenters. The zero-order valence-corrected chi connectivity index (χ0v) is 13.2. The number of hydrogen-bond donors (Lipinski definition) is 1. The van der Waals surface area contributed by atoms with E-state index >= 15 is 0 Å². The highest BCUT2D eigenvalue weighted by atomic mass is 19.1. The summed E-state index contributed by atoms with van der Waals surface area (Å²) in [6, 6.07) is 12.4. The van der Waals surface area contributed by atoms with Crippen LogP contribution < -0.4 is 5.73 Å². The smallest absolute Gasteiger partial charge is 0.253 e. The van der Waals surface area contributed by atoms with Gasteiger partial charge in [-0.3, -0.25) is 9.59 Å². The minimum atomic E-state index is -0.367. The van der Waals surface area contributed by atoms with Gasteiger partial charge in [0, 0.05) is 35.8 Å². The summed E-state index contributed by atoms with van der Waals surface area (Å²) in [4.78, 5) is 26.9. The molecule has 0 aliphatic carbocycles. The minimum absolute atomic E-state index is 0.0416. The van der Waals surface area contributed by atoms with Crippen LogP contribution in [0.3, 0.4) is 0 Å². The first kappa shape index (κ1) is 16.2. The van der Waals surface area contributed by atoms with Crippen LogP contribution in [0.1, 0.15) is 33.6 Å². The van der Waals surface area contributed by atoms with E-state index in [1.165, 1.54) is 24.3 Å². The Bertz CT molecular complexity index is 758. The van der Waals surface area contributed by atoms with E-state index in [0.717, 1.165) is 12.8 Å². The molecule has 2 N–H and O–H groups in total. The van der Waals surface area contributed by atoms with Crippen molar-refractivity contribution in [3.63, 3.8) is 0 Å². The fraction of sp³-hybridized carbons (Fsp3) is 0.263. The summed E-state index contributed by atoms with van der Waals surface area (Å²) >= 11 is 0. The first-order chi connectivity index (χ1) is 11.5. The number of nitrogen functional groups attached to an aromatic ring is 1. The standard InChI is InChI=1S/C19H19FN2O2/c20-16-8-6-13(7-9-16)18(23)15-4-2-10-22(12-15)19(24)14-3-1-5-17(21)11-14/h1,3,5-9,11,15H,2,4,10,12,21H2. The number of ketones is 1. The molecule has 24 heavy (non-hydrogen) atoms. The van der Waals surface area contributed by atoms with Crippen LogP contribution in [0, 0.1) is 11.7 Å². The van der Waals surface area contributed by atoms with Crippen LogP contribution in [-0.4, -0.2) is 29.7 Å². The Morgan fingerprint density at radius 2 is 1.83 bits per heavy atom. The van der Waals surface area contributed by atoms with Crippen LogP contribution in [0.25, 0.3) is 0 Å². The van der Waals surface area contributed by atoms with Crippen molar-refractivity contribution >= 4 is 17.4 Å². The van der Waals surface area contributed by atoms with Crippen molar-refractivity contribution in [1.82, 2.24) is 4.90 Å². The van der Waals surface area contributed by atoms with Crippen LogP contribution in [0.4, 0.5) is 10.1 Å². The van der Waals surface area contributed by atoms with Crippen LogP contribution >= 0.6 is 0 Å². The third kappa shape index (κ3) is 3.45. The van der Waals surface area contributed by atoms with Gasteiger partial charge in [-0.25, -0.2) is 4.39 Å². The van der Waals surface area contributed by atoms with Crippen molar-refractivity contribution in [2.75, 3.05) is 18.8 Å². The third-order valence-corrected chi connectivity index (χ3v) is 4.34. The van der Waals surface area contributed by atoms with E-state index in [1.807, 2.05) is 0 Å². The molecule has 124 valence electrons. The zero-order chi connectivity index (χ0) is 17.1. The molecule has 1 saturated heterocycles. The van der Waals surface area contributed by atoms with Gasteiger partial charge >= 0.3 is 0 Å². The molecule has 1 aliphatic heterocycles. The molecule has 1 heterocycles. The Hall–Kier alpha value is -2.69. The third-order valence-electron chi connectivity index (χ3n) is 4.34. The first-order valence-electron chi connectivity index (χ1n) is 7.99. The monoisotopic (exact) mass is 326 g/mol. The van der Waals surface area contributed by atoms with E-state index in [4.69, 9.17) is 5.73 Å². The summed E-state index contributed by atoms with van der Waals surface area (Å²) in [7, 11) is 0. The molecule has 0 radical (unpaired) electrons. The van der Waals surface area contributed by atoms with Crippen molar-refractivity contribution in [3.05, 3.63) is 65.5 Å². The topological polar surface area (TPSA) is 63.4 Å². The van der Waals surface area contributed by atoms with Crippen molar-refractivity contribution in [1.29, 1.82) is 0 Å². The summed E-state index contributed by atoms with van der Waals surface area (Å²) in [5.41, 5.74) is 7.29. The normalized spacial score (nSPS) is 17.5. The number of Topliss-reactive ketones (excluding diaryl/α,β-unsaturated/α-hetero) is 1. The maximum atomic E-state index is 13.0. The van der Waals surface area contributed by atoms with Crippen molar-refractivity contribution in [3.8, 4) is 0 Å². The molecular weight excluding hydrogens is 307 g/mol. The van der Waals surface area contributed by atoms with Gasteiger partial charge in [0.05, 0.1) is 0 Å². The van der Waals surface area contributed by atoms with E-state index in [1.54, 1.807) is 29.2 Å². The molecule has 0 bridgehead atoms. The van der Waals surface area contributed by atoms with Gasteiger partial charge in [-0.05, 0) is 55.3 Å². The summed E-state index contributed by atoms with van der Waals surface area (Å²) in [5, 5.41) is 0. The second-order valence-corrected chi connectivity index (χ2v) is 6.09. The van der Waals surface area contributed by atoms with Crippen molar-refractivity contribution in [2.24, 2.45) is 5.92 Å². The van der Waals surface area contributed by atoms with Crippen LogP contribution in [-0.2, 0) is 0 Å². The Labute approximate surface area is 140 Å². The van der Waals surface area contributed by atoms with Gasteiger partial charge in [0.1, 0.15) is 5.82 Å². The Morgan fingerprint density at radius 3 is 2.54 bits per heavy atom. The predicted octanol–water partition coefficient (Wildman–Crippen LogP) is 3.14. The second kappa shape index (κ2) is 6.83. The van der Waals surface area contributed by atoms with Crippen LogP contribution in [0.15, 0.2) is 48.5 Å². The van der Waals surface area contributed by atoms with Gasteiger partial charge in [-0.2, -0.15) is 0 Å². The zero-order valence-electron chi connectivity index (χ0n) is 13.2. The molecule has 0 spiro atoms. The predicted molar refractivity (Wildman–Crippen MR) is 90.2 cm³/mol. The molecule has 1 atom stereocenters. The number of benzene rings is 2. The van der Waals surface area contributed by atoms with Gasteiger partial charge in [0.2, 0.25) is 0 Å². The van der Waals surface area contributed by atoms with Gasteiger partial charge in [0.15, 0.2) is 5.78 Å². The largest absolute Gasteiger partial charge is 0.399 e. The van der Waals surface area contributed by atoms with Crippen molar-refractivity contribution in [2.45, 2.75) is 12.8 Å². The number of carbonyl (C=O) groups is 2. The molecule has 3 rings (SSSR count). The number of piperidine rings is 1. The van der Waals surface area contributed by atoms with E-state index in [-0.39, 0.29) is 23.4 Å². The number of nitrogens with zero attached hydrogens (tertiary/aromatic N) is 1. The molecular formula is C19H19FN2O2. The summed E-state index contributed by atoms with van der Waals surface area (Å²) in [5.74, 6) is -0.776. The van der Waals surface area contributed by atoms with E-state index in [9.17, 15) is 14.0 Å². The highest BCUT2D eigenvalue weighted by Gasteiger charge is 2.29. The Morgan fingerprint density at radius 1 is 1.08 bits per heavy atom. The average molecular weight is 326 g/mol. The molecule has 4 nitrogen and oxygen atoms in total. The number of rotatable bonds is 3. The number of anilines is 1. The second-order valence-electron chi connectivity index (χ2n) is 6.09. The highest BCUT2D eigenvalue weighted by molar-refractivity contribution is 5.99. The van der Waals surface area contributed by atoms with Gasteiger partial charge in [0.25, 0.3) is 5.91 Å². The lowest BCUT2D eigenvalue weighted by molar-refractivity contribution is 0.0637. The lowest BCUT2D eigenvalue weighted by Crippen LogP contribution is -2.42. The van der Waals surface area contributed by atoms with Gasteiger partial charge < -0.3 is 10.6 Å². The van der Waals surface area contributed by atoms with Gasteiger partial charge in [-0.15, -0.1) is 0 Å². The number of amides is 1. The fourth-order valence-corrected chi connectivity index (χ4v) is 3.08. The molecule has 1 fully saturated rings. The molecule has 1 aliphatic rings. The molecule has 2 aromatic rings. The quantitative estimate of drug-likeness (QED) is 0.696. The van der Waals surface area contributed by atoms with E-state index in [2.05, 4.69) is 0 Å². The maximum absolute atomic E-state index is 13.0. The molecule has 0 saturated carbocycles. The average Bonchev–Trinajstić information content (AvgIpc) is 2.61. The number of nitrogens with two attached hydrogens (primary N) is 1.